The maximum atomic E-state index is 12.2. The Morgan fingerprint density at radius 3 is 3.12 bits per heavy atom. The van der Waals surface area contributed by atoms with Gasteiger partial charge in [-0.2, -0.15) is 5.10 Å². The number of H-pyrrole nitrogens is 1. The highest BCUT2D eigenvalue weighted by molar-refractivity contribution is 6.27. The van der Waals surface area contributed by atoms with E-state index in [4.69, 9.17) is 11.6 Å². The molecule has 0 radical (unpaired) electrons. The van der Waals surface area contributed by atoms with Gasteiger partial charge in [0.05, 0.1) is 34.9 Å². The molecule has 1 N–H and O–H groups in total. The summed E-state index contributed by atoms with van der Waals surface area (Å²) in [5.74, 6) is 0.453. The van der Waals surface area contributed by atoms with Crippen molar-refractivity contribution >= 4 is 28.8 Å². The van der Waals surface area contributed by atoms with Gasteiger partial charge >= 0.3 is 0 Å². The molecule has 4 heterocycles. The van der Waals surface area contributed by atoms with Crippen LogP contribution in [0.25, 0.3) is 22.3 Å². The first-order valence-corrected chi connectivity index (χ1v) is 8.31. The molecule has 4 rings (SSSR count). The Morgan fingerprint density at radius 1 is 1.40 bits per heavy atom. The molecule has 9 heteroatoms. The monoisotopic (exact) mass is 358 g/mol. The Labute approximate surface area is 147 Å². The number of hydrogen-bond donors (Lipinski definition) is 1. The summed E-state index contributed by atoms with van der Waals surface area (Å²) in [4.78, 5) is 36.1. The summed E-state index contributed by atoms with van der Waals surface area (Å²) in [6, 6.07) is 1.76. The van der Waals surface area contributed by atoms with Gasteiger partial charge in [-0.1, -0.05) is 11.6 Å². The molecule has 0 amide bonds. The highest BCUT2D eigenvalue weighted by Crippen LogP contribution is 2.25. The lowest BCUT2D eigenvalue weighted by atomic mass is 10.2. The molecule has 1 aliphatic rings. The van der Waals surface area contributed by atoms with Crippen LogP contribution in [-0.4, -0.2) is 54.5 Å². The molecule has 0 saturated carbocycles. The van der Waals surface area contributed by atoms with Crippen LogP contribution < -0.4 is 5.56 Å². The number of aldehydes is 1. The minimum absolute atomic E-state index is 0.129. The summed E-state index contributed by atoms with van der Waals surface area (Å²) in [6.45, 7) is 1.39. The number of alkyl halides is 1. The molecule has 0 aromatic carbocycles. The highest BCUT2D eigenvalue weighted by atomic mass is 35.5. The quantitative estimate of drug-likeness (QED) is 0.427. The van der Waals surface area contributed by atoms with Crippen molar-refractivity contribution in [3.05, 3.63) is 41.2 Å². The van der Waals surface area contributed by atoms with E-state index in [1.807, 2.05) is 15.8 Å². The number of halogens is 1. The van der Waals surface area contributed by atoms with E-state index in [0.717, 1.165) is 24.8 Å². The van der Waals surface area contributed by atoms with Gasteiger partial charge in [-0.05, 0) is 12.5 Å². The van der Waals surface area contributed by atoms with Crippen LogP contribution in [0.15, 0.2) is 35.6 Å². The van der Waals surface area contributed by atoms with Crippen LogP contribution in [0.2, 0.25) is 0 Å². The maximum absolute atomic E-state index is 12.2. The molecule has 3 aromatic rings. The second kappa shape index (κ2) is 6.38. The van der Waals surface area contributed by atoms with E-state index in [0.29, 0.717) is 23.3 Å². The third-order valence-electron chi connectivity index (χ3n) is 4.41. The molecule has 0 bridgehead atoms. The number of likely N-dealkylation sites (tertiary alicyclic amines) is 1. The molecule has 3 aromatic heterocycles. The average molecular weight is 359 g/mol. The molecular weight excluding hydrogens is 344 g/mol. The van der Waals surface area contributed by atoms with E-state index in [1.54, 1.807) is 24.7 Å². The fourth-order valence-corrected chi connectivity index (χ4v) is 3.26. The molecule has 1 unspecified atom stereocenters. The smallest absolute Gasteiger partial charge is 0.259 e. The van der Waals surface area contributed by atoms with Crippen molar-refractivity contribution < 1.29 is 4.79 Å². The lowest BCUT2D eigenvalue weighted by molar-refractivity contribution is -0.109. The summed E-state index contributed by atoms with van der Waals surface area (Å²) in [5.41, 5.74) is 0.445. The van der Waals surface area contributed by atoms with Crippen LogP contribution >= 0.6 is 11.6 Å². The minimum atomic E-state index is -0.606. The third kappa shape index (κ3) is 2.94. The van der Waals surface area contributed by atoms with Crippen LogP contribution in [0.4, 0.5) is 0 Å². The summed E-state index contributed by atoms with van der Waals surface area (Å²) in [7, 11) is 0. The second-order valence-electron chi connectivity index (χ2n) is 5.96. The van der Waals surface area contributed by atoms with Crippen molar-refractivity contribution in [2.24, 2.45) is 0 Å². The Morgan fingerprint density at radius 2 is 2.28 bits per heavy atom. The van der Waals surface area contributed by atoms with E-state index in [9.17, 15) is 9.59 Å². The summed E-state index contributed by atoms with van der Waals surface area (Å²) in [6.07, 6.45) is 8.22. The fourth-order valence-electron chi connectivity index (χ4n) is 3.08. The van der Waals surface area contributed by atoms with Crippen molar-refractivity contribution in [3.63, 3.8) is 0 Å². The molecule has 1 saturated heterocycles. The zero-order valence-electron chi connectivity index (χ0n) is 13.2. The van der Waals surface area contributed by atoms with Gasteiger partial charge in [0.1, 0.15) is 11.3 Å². The van der Waals surface area contributed by atoms with E-state index < -0.39 is 5.50 Å². The molecule has 128 valence electrons. The molecule has 1 aliphatic heterocycles. The van der Waals surface area contributed by atoms with E-state index >= 15 is 0 Å². The zero-order chi connectivity index (χ0) is 17.4. The van der Waals surface area contributed by atoms with Crippen molar-refractivity contribution in [1.29, 1.82) is 0 Å². The number of carbonyl (C=O) groups excluding carboxylic acids is 1. The van der Waals surface area contributed by atoms with Crippen molar-refractivity contribution in [2.75, 3.05) is 13.1 Å². The maximum Gasteiger partial charge on any atom is 0.259 e. The van der Waals surface area contributed by atoms with Gasteiger partial charge in [0.2, 0.25) is 0 Å². The first kappa shape index (κ1) is 15.9. The molecule has 1 fully saturated rings. The molecular formula is C16H15ClN6O2. The molecule has 0 spiro atoms. The Kier molecular flexibility index (Phi) is 4.06. The van der Waals surface area contributed by atoms with Gasteiger partial charge in [-0.3, -0.25) is 19.4 Å². The summed E-state index contributed by atoms with van der Waals surface area (Å²) >= 11 is 5.97. The summed E-state index contributed by atoms with van der Waals surface area (Å²) in [5, 5.41) is 4.88. The lowest BCUT2D eigenvalue weighted by Crippen LogP contribution is -2.30. The van der Waals surface area contributed by atoms with Gasteiger partial charge < -0.3 is 9.78 Å². The number of pyridine rings is 1. The topological polar surface area (TPSA) is 96.8 Å². The molecule has 0 aliphatic carbocycles. The van der Waals surface area contributed by atoms with Gasteiger partial charge in [-0.25, -0.2) is 4.98 Å². The van der Waals surface area contributed by atoms with Crippen molar-refractivity contribution in [3.8, 4) is 11.4 Å². The van der Waals surface area contributed by atoms with E-state index in [2.05, 4.69) is 20.1 Å². The number of fused-ring (bicyclic) bond motifs is 1. The fraction of sp³-hybridized carbons (Fsp3) is 0.312. The number of rotatable bonds is 4. The Balaban J connectivity index is 1.62. The van der Waals surface area contributed by atoms with Crippen LogP contribution in [0.3, 0.4) is 0 Å². The Bertz CT molecular complexity index is 984. The van der Waals surface area contributed by atoms with Gasteiger partial charge in [0.25, 0.3) is 5.56 Å². The second-order valence-corrected chi connectivity index (χ2v) is 6.41. The Hall–Kier alpha value is -2.58. The number of aromatic amines is 1. The number of carbonyl (C=O) groups is 1. The van der Waals surface area contributed by atoms with Gasteiger partial charge in [0.15, 0.2) is 6.29 Å². The van der Waals surface area contributed by atoms with Crippen LogP contribution in [0.5, 0.6) is 0 Å². The molecule has 2 atom stereocenters. The van der Waals surface area contributed by atoms with E-state index in [1.165, 1.54) is 0 Å². The van der Waals surface area contributed by atoms with E-state index in [-0.39, 0.29) is 11.6 Å². The van der Waals surface area contributed by atoms with Crippen LogP contribution in [0.1, 0.15) is 12.5 Å². The normalized spacial score (nSPS) is 19.3. The number of aromatic nitrogens is 5. The highest BCUT2D eigenvalue weighted by Gasteiger charge is 2.28. The third-order valence-corrected chi connectivity index (χ3v) is 4.79. The largest absolute Gasteiger partial charge is 0.306 e. The van der Waals surface area contributed by atoms with Gasteiger partial charge in [-0.15, -0.1) is 0 Å². The van der Waals surface area contributed by atoms with Gasteiger partial charge in [0, 0.05) is 25.5 Å². The number of hydrogen-bond acceptors (Lipinski definition) is 6. The van der Waals surface area contributed by atoms with Crippen molar-refractivity contribution in [1.82, 2.24) is 29.6 Å². The molecule has 25 heavy (non-hydrogen) atoms. The zero-order valence-corrected chi connectivity index (χ0v) is 13.9. The number of nitrogens with zero attached hydrogens (tertiary/aromatic N) is 5. The SMILES string of the molecule is O=CC(Cl)N1CC[C@H](n2cc(-c3nc4cnccc4c(=O)[nH]3)cn2)C1. The predicted octanol–water partition coefficient (Wildman–Crippen LogP) is 1.19. The van der Waals surface area contributed by atoms with Crippen LogP contribution in [-0.2, 0) is 4.79 Å². The first-order valence-electron chi connectivity index (χ1n) is 7.87. The standard InChI is InChI=1S/C16H15ClN6O2/c17-14(9-24)22-4-2-11(8-22)23-7-10(5-19-23)15-20-13-6-18-3-1-12(13)16(25)21-15/h1,3,5-7,9,11,14H,2,4,8H2,(H,20,21,25)/t11-,14?/m0/s1. The molecule has 8 nitrogen and oxygen atoms in total. The van der Waals surface area contributed by atoms with Crippen LogP contribution in [0, 0.1) is 0 Å². The number of nitrogens with one attached hydrogen (secondary N) is 1. The average Bonchev–Trinajstić information content (AvgIpc) is 3.30. The predicted molar refractivity (Wildman–Crippen MR) is 92.3 cm³/mol. The first-order chi connectivity index (χ1) is 12.2. The summed E-state index contributed by atoms with van der Waals surface area (Å²) < 4.78 is 1.83. The lowest BCUT2D eigenvalue weighted by Gasteiger charge is -2.17. The minimum Gasteiger partial charge on any atom is -0.306 e. The van der Waals surface area contributed by atoms with Crippen molar-refractivity contribution in [2.45, 2.75) is 18.0 Å².